The highest BCUT2D eigenvalue weighted by atomic mass is 32.1. The summed E-state index contributed by atoms with van der Waals surface area (Å²) in [4.78, 5) is 12.0. The van der Waals surface area contributed by atoms with Crippen molar-refractivity contribution in [2.45, 2.75) is 26.7 Å². The Morgan fingerprint density at radius 2 is 1.92 bits per heavy atom. The molecule has 5 nitrogen and oxygen atoms in total. The molecule has 6 heteroatoms. The van der Waals surface area contributed by atoms with Crippen LogP contribution in [-0.2, 0) is 4.79 Å². The quantitative estimate of drug-likeness (QED) is 0.750. The first-order chi connectivity index (χ1) is 12.4. The van der Waals surface area contributed by atoms with Crippen LogP contribution in [0.25, 0.3) is 0 Å². The van der Waals surface area contributed by atoms with E-state index < -0.39 is 0 Å². The minimum Gasteiger partial charge on any atom is -0.497 e. The number of hydrogen-bond acceptors (Lipinski definition) is 4. The average molecular weight is 372 g/mol. The van der Waals surface area contributed by atoms with Crippen LogP contribution >= 0.6 is 12.2 Å². The van der Waals surface area contributed by atoms with E-state index in [1.54, 1.807) is 13.2 Å². The summed E-state index contributed by atoms with van der Waals surface area (Å²) in [5.41, 5.74) is 3.15. The number of carbonyl (C=O) groups excluding carboxylic acids is 1. The van der Waals surface area contributed by atoms with Crippen molar-refractivity contribution in [1.29, 1.82) is 0 Å². The lowest BCUT2D eigenvalue weighted by atomic mass is 9.98. The van der Waals surface area contributed by atoms with E-state index in [-0.39, 0.29) is 17.6 Å². The largest absolute Gasteiger partial charge is 0.497 e. The molecular weight excluding hydrogens is 348 g/mol. The van der Waals surface area contributed by atoms with E-state index in [9.17, 15) is 4.79 Å². The first kappa shape index (κ1) is 19.7. The van der Waals surface area contributed by atoms with E-state index in [2.05, 4.69) is 24.5 Å². The average Bonchev–Trinajstić information content (AvgIpc) is 2.59. The number of carbonyl (C=O) groups is 1. The van der Waals surface area contributed by atoms with Gasteiger partial charge in [0, 0.05) is 11.8 Å². The molecular formula is C20H24N2O3S. The van der Waals surface area contributed by atoms with Crippen molar-refractivity contribution in [2.24, 2.45) is 0 Å². The van der Waals surface area contributed by atoms with Crippen molar-refractivity contribution < 1.29 is 14.3 Å². The summed E-state index contributed by atoms with van der Waals surface area (Å²) in [6.45, 7) is 6.22. The van der Waals surface area contributed by atoms with Gasteiger partial charge in [-0.2, -0.15) is 0 Å². The molecule has 0 aromatic heterocycles. The normalized spacial score (nSPS) is 10.3. The summed E-state index contributed by atoms with van der Waals surface area (Å²) in [5, 5.41) is 5.74. The number of ether oxygens (including phenoxy) is 2. The van der Waals surface area contributed by atoms with Gasteiger partial charge in [-0.25, -0.2) is 0 Å². The van der Waals surface area contributed by atoms with Crippen molar-refractivity contribution in [3.8, 4) is 11.5 Å². The number of anilines is 1. The molecule has 26 heavy (non-hydrogen) atoms. The van der Waals surface area contributed by atoms with Gasteiger partial charge in [0.05, 0.1) is 7.11 Å². The number of benzene rings is 2. The molecule has 0 spiro atoms. The summed E-state index contributed by atoms with van der Waals surface area (Å²) < 4.78 is 10.7. The van der Waals surface area contributed by atoms with Crippen LogP contribution in [0, 0.1) is 6.92 Å². The number of nitrogens with one attached hydrogen (secondary N) is 2. The number of aryl methyl sites for hydroxylation is 1. The predicted octanol–water partition coefficient (Wildman–Crippen LogP) is 4.02. The number of amides is 1. The molecule has 0 aliphatic carbocycles. The predicted molar refractivity (Wildman–Crippen MR) is 108 cm³/mol. The number of rotatable bonds is 6. The first-order valence-corrected chi connectivity index (χ1v) is 8.78. The maximum Gasteiger partial charge on any atom is 0.264 e. The van der Waals surface area contributed by atoms with Gasteiger partial charge in [-0.15, -0.1) is 0 Å². The van der Waals surface area contributed by atoms with Crippen LogP contribution in [-0.4, -0.2) is 24.7 Å². The lowest BCUT2D eigenvalue weighted by molar-refractivity contribution is -0.121. The second-order valence-electron chi connectivity index (χ2n) is 6.20. The highest BCUT2D eigenvalue weighted by Gasteiger charge is 2.08. The third-order valence-electron chi connectivity index (χ3n) is 3.81. The van der Waals surface area contributed by atoms with Crippen LogP contribution in [0.15, 0.2) is 42.5 Å². The van der Waals surface area contributed by atoms with Crippen LogP contribution < -0.4 is 20.1 Å². The summed E-state index contributed by atoms with van der Waals surface area (Å²) in [6, 6.07) is 13.1. The van der Waals surface area contributed by atoms with Gasteiger partial charge in [0.15, 0.2) is 11.7 Å². The molecule has 0 saturated carbocycles. The minimum absolute atomic E-state index is 0.111. The molecule has 0 bridgehead atoms. The topological polar surface area (TPSA) is 59.6 Å². The standard InChI is InChI=1S/C20H24N2O3S/c1-13(2)18-9-8-17(10-14(18)3)25-12-19(23)22-20(26)21-15-6-5-7-16(11-15)24-4/h5-11,13H,12H2,1-4H3,(H2,21,22,23,26). The number of thiocarbonyl (C=S) groups is 1. The fourth-order valence-corrected chi connectivity index (χ4v) is 2.79. The van der Waals surface area contributed by atoms with Gasteiger partial charge >= 0.3 is 0 Å². The Kier molecular flexibility index (Phi) is 6.97. The zero-order chi connectivity index (χ0) is 19.1. The summed E-state index contributed by atoms with van der Waals surface area (Å²) >= 11 is 5.15. The number of hydrogen-bond donors (Lipinski definition) is 2. The molecule has 0 aliphatic rings. The van der Waals surface area contributed by atoms with Gasteiger partial charge < -0.3 is 14.8 Å². The summed E-state index contributed by atoms with van der Waals surface area (Å²) in [5.74, 6) is 1.49. The smallest absolute Gasteiger partial charge is 0.264 e. The van der Waals surface area contributed by atoms with Crippen molar-refractivity contribution in [2.75, 3.05) is 19.0 Å². The Morgan fingerprint density at radius 1 is 1.15 bits per heavy atom. The molecule has 1 amide bonds. The summed E-state index contributed by atoms with van der Waals surface area (Å²) in [7, 11) is 1.59. The second kappa shape index (κ2) is 9.20. The lowest BCUT2D eigenvalue weighted by Gasteiger charge is -2.13. The molecule has 2 rings (SSSR count). The molecule has 0 heterocycles. The Balaban J connectivity index is 1.84. The van der Waals surface area contributed by atoms with E-state index >= 15 is 0 Å². The van der Waals surface area contributed by atoms with Crippen LogP contribution in [0.5, 0.6) is 11.5 Å². The van der Waals surface area contributed by atoms with Crippen LogP contribution in [0.4, 0.5) is 5.69 Å². The molecule has 0 atom stereocenters. The van der Waals surface area contributed by atoms with Crippen LogP contribution in [0.3, 0.4) is 0 Å². The maximum atomic E-state index is 12.0. The van der Waals surface area contributed by atoms with Gasteiger partial charge in [-0.05, 0) is 60.5 Å². The molecule has 138 valence electrons. The van der Waals surface area contributed by atoms with E-state index in [1.165, 1.54) is 5.56 Å². The summed E-state index contributed by atoms with van der Waals surface area (Å²) in [6.07, 6.45) is 0. The number of methoxy groups -OCH3 is 1. The van der Waals surface area contributed by atoms with Gasteiger partial charge in [0.1, 0.15) is 11.5 Å². The third-order valence-corrected chi connectivity index (χ3v) is 4.02. The molecule has 2 N–H and O–H groups in total. The maximum absolute atomic E-state index is 12.0. The van der Waals surface area contributed by atoms with E-state index in [0.717, 1.165) is 11.3 Å². The lowest BCUT2D eigenvalue weighted by Crippen LogP contribution is -2.37. The van der Waals surface area contributed by atoms with Gasteiger partial charge in [0.25, 0.3) is 5.91 Å². The first-order valence-electron chi connectivity index (χ1n) is 8.37. The Bertz CT molecular complexity index is 790. The molecule has 2 aromatic carbocycles. The molecule has 0 unspecified atom stereocenters. The van der Waals surface area contributed by atoms with Crippen molar-refractivity contribution in [3.05, 3.63) is 53.6 Å². The van der Waals surface area contributed by atoms with Gasteiger partial charge in [-0.1, -0.05) is 26.0 Å². The van der Waals surface area contributed by atoms with E-state index in [1.807, 2.05) is 43.3 Å². The highest BCUT2D eigenvalue weighted by molar-refractivity contribution is 7.80. The van der Waals surface area contributed by atoms with Crippen molar-refractivity contribution >= 4 is 28.9 Å². The zero-order valence-corrected chi connectivity index (χ0v) is 16.3. The Labute approximate surface area is 159 Å². The minimum atomic E-state index is -0.323. The Morgan fingerprint density at radius 3 is 2.58 bits per heavy atom. The van der Waals surface area contributed by atoms with E-state index in [0.29, 0.717) is 17.4 Å². The fourth-order valence-electron chi connectivity index (χ4n) is 2.56. The fraction of sp³-hybridized carbons (Fsp3) is 0.300. The van der Waals surface area contributed by atoms with Crippen molar-refractivity contribution in [1.82, 2.24) is 5.32 Å². The molecule has 0 aliphatic heterocycles. The van der Waals surface area contributed by atoms with E-state index in [4.69, 9.17) is 21.7 Å². The molecule has 0 saturated heterocycles. The van der Waals surface area contributed by atoms with Crippen LogP contribution in [0.1, 0.15) is 30.9 Å². The van der Waals surface area contributed by atoms with Crippen LogP contribution in [0.2, 0.25) is 0 Å². The Hall–Kier alpha value is -2.60. The van der Waals surface area contributed by atoms with Crippen molar-refractivity contribution in [3.63, 3.8) is 0 Å². The molecule has 0 fully saturated rings. The third kappa shape index (κ3) is 5.74. The molecule has 2 aromatic rings. The SMILES string of the molecule is COc1cccc(NC(=S)NC(=O)COc2ccc(C(C)C)c(C)c2)c1. The zero-order valence-electron chi connectivity index (χ0n) is 15.5. The second-order valence-corrected chi connectivity index (χ2v) is 6.60. The monoisotopic (exact) mass is 372 g/mol. The highest BCUT2D eigenvalue weighted by Crippen LogP contribution is 2.23. The molecule has 0 radical (unpaired) electrons. The van der Waals surface area contributed by atoms with Gasteiger partial charge in [-0.3, -0.25) is 10.1 Å². The van der Waals surface area contributed by atoms with Gasteiger partial charge in [0.2, 0.25) is 0 Å².